The molecular weight excluding hydrogens is 226 g/mol. The second-order valence-corrected chi connectivity index (χ2v) is 2.93. The normalized spacial score (nSPS) is 12.2. The molecule has 3 N–H and O–H groups in total. The molecule has 0 aromatic carbocycles. The number of hydrogen-bond acceptors (Lipinski definition) is 3. The quantitative estimate of drug-likeness (QED) is 0.548. The number of hydrogen-bond donors (Lipinski definition) is 3. The summed E-state index contributed by atoms with van der Waals surface area (Å²) in [6.45, 7) is 0.591. The molecule has 0 saturated carbocycles. The van der Waals surface area contributed by atoms with Crippen LogP contribution in [0.15, 0.2) is 0 Å². The van der Waals surface area contributed by atoms with Crippen LogP contribution in [0.5, 0.6) is 0 Å². The van der Waals surface area contributed by atoms with Gasteiger partial charge in [0.1, 0.15) is 12.6 Å². The minimum absolute atomic E-state index is 0.0326. The number of carbonyl (C=O) groups excluding carboxylic acids is 1. The lowest BCUT2D eigenvalue weighted by Crippen LogP contribution is -2.45. The maximum atomic E-state index is 11.6. The Labute approximate surface area is 91.0 Å². The van der Waals surface area contributed by atoms with Crippen LogP contribution in [-0.2, 0) is 9.53 Å². The Morgan fingerprint density at radius 1 is 1.44 bits per heavy atom. The van der Waals surface area contributed by atoms with E-state index in [-0.39, 0.29) is 13.2 Å². The van der Waals surface area contributed by atoms with Crippen LogP contribution < -0.4 is 10.6 Å². The number of carboxylic acids is 1. The van der Waals surface area contributed by atoms with Crippen molar-refractivity contribution in [3.63, 3.8) is 0 Å². The van der Waals surface area contributed by atoms with E-state index in [1.54, 1.807) is 0 Å². The van der Waals surface area contributed by atoms with Crippen LogP contribution in [0.4, 0.5) is 13.6 Å². The van der Waals surface area contributed by atoms with Crippen molar-refractivity contribution >= 4 is 12.0 Å². The minimum atomic E-state index is -2.54. The van der Waals surface area contributed by atoms with Crippen LogP contribution in [0.25, 0.3) is 0 Å². The Hall–Kier alpha value is -1.44. The Bertz CT molecular complexity index is 238. The fourth-order valence-electron chi connectivity index (χ4n) is 0.719. The highest BCUT2D eigenvalue weighted by Gasteiger charge is 2.12. The summed E-state index contributed by atoms with van der Waals surface area (Å²) in [5.41, 5.74) is 0. The lowest BCUT2D eigenvalue weighted by molar-refractivity contribution is -0.138. The maximum Gasteiger partial charge on any atom is 0.325 e. The lowest BCUT2D eigenvalue weighted by Gasteiger charge is -2.10. The molecule has 0 saturated heterocycles. The van der Waals surface area contributed by atoms with Gasteiger partial charge in [0, 0.05) is 6.54 Å². The zero-order chi connectivity index (χ0) is 12.6. The zero-order valence-corrected chi connectivity index (χ0v) is 8.70. The second kappa shape index (κ2) is 7.80. The molecule has 2 amide bonds. The van der Waals surface area contributed by atoms with Gasteiger partial charge < -0.3 is 20.5 Å². The number of carbonyl (C=O) groups is 2. The number of alkyl halides is 2. The predicted octanol–water partition coefficient (Wildman–Crippen LogP) is 0.0404. The highest BCUT2D eigenvalue weighted by atomic mass is 19.3. The molecule has 16 heavy (non-hydrogen) atoms. The van der Waals surface area contributed by atoms with Gasteiger partial charge in [0.2, 0.25) is 0 Å². The first-order valence-corrected chi connectivity index (χ1v) is 4.56. The molecule has 0 aromatic rings. The van der Waals surface area contributed by atoms with Gasteiger partial charge in [0.25, 0.3) is 6.43 Å². The number of halogens is 2. The maximum absolute atomic E-state index is 11.6. The van der Waals surface area contributed by atoms with Crippen LogP contribution in [0, 0.1) is 0 Å². The molecule has 0 aliphatic rings. The molecule has 0 unspecified atom stereocenters. The number of urea groups is 1. The van der Waals surface area contributed by atoms with E-state index in [2.05, 4.69) is 15.4 Å². The van der Waals surface area contributed by atoms with Crippen molar-refractivity contribution in [2.45, 2.75) is 19.4 Å². The standard InChI is InChI=1S/C8H14F2N2O4/c1-5(7(13)14)12-8(15)11-2-3-16-4-6(9)10/h5-6H,2-4H2,1H3,(H,13,14)(H2,11,12,15)/t5-/m1/s1. The largest absolute Gasteiger partial charge is 0.480 e. The fourth-order valence-corrected chi connectivity index (χ4v) is 0.719. The lowest BCUT2D eigenvalue weighted by atomic mass is 10.3. The monoisotopic (exact) mass is 240 g/mol. The van der Waals surface area contributed by atoms with E-state index < -0.39 is 31.1 Å². The van der Waals surface area contributed by atoms with Crippen LogP contribution >= 0.6 is 0 Å². The molecule has 0 aliphatic carbocycles. The fraction of sp³-hybridized carbons (Fsp3) is 0.750. The number of nitrogens with one attached hydrogen (secondary N) is 2. The molecule has 0 fully saturated rings. The average Bonchev–Trinajstić information content (AvgIpc) is 2.16. The highest BCUT2D eigenvalue weighted by Crippen LogP contribution is 1.91. The first kappa shape index (κ1) is 14.6. The minimum Gasteiger partial charge on any atom is -0.480 e. The number of rotatable bonds is 7. The second-order valence-electron chi connectivity index (χ2n) is 2.93. The third-order valence-corrected chi connectivity index (χ3v) is 1.49. The third-order valence-electron chi connectivity index (χ3n) is 1.49. The van der Waals surface area contributed by atoms with Crippen molar-refractivity contribution in [3.05, 3.63) is 0 Å². The summed E-state index contributed by atoms with van der Waals surface area (Å²) in [6.07, 6.45) is -2.54. The molecule has 1 atom stereocenters. The van der Waals surface area contributed by atoms with Crippen molar-refractivity contribution in [2.24, 2.45) is 0 Å². The summed E-state index contributed by atoms with van der Waals surface area (Å²) in [5, 5.41) is 12.8. The van der Waals surface area contributed by atoms with Gasteiger partial charge >= 0.3 is 12.0 Å². The molecule has 0 heterocycles. The van der Waals surface area contributed by atoms with Crippen LogP contribution in [0.3, 0.4) is 0 Å². The van der Waals surface area contributed by atoms with E-state index in [0.717, 1.165) is 0 Å². The number of aliphatic carboxylic acids is 1. The van der Waals surface area contributed by atoms with Crippen molar-refractivity contribution in [2.75, 3.05) is 19.8 Å². The van der Waals surface area contributed by atoms with E-state index in [0.29, 0.717) is 0 Å². The van der Waals surface area contributed by atoms with Gasteiger partial charge in [0.05, 0.1) is 6.61 Å². The number of amides is 2. The molecule has 0 aromatic heterocycles. The summed E-state index contributed by atoms with van der Waals surface area (Å²) < 4.78 is 27.7. The molecule has 0 rings (SSSR count). The predicted molar refractivity (Wildman–Crippen MR) is 50.5 cm³/mol. The summed E-state index contributed by atoms with van der Waals surface area (Å²) in [4.78, 5) is 21.3. The van der Waals surface area contributed by atoms with Crippen molar-refractivity contribution in [1.82, 2.24) is 10.6 Å². The van der Waals surface area contributed by atoms with E-state index in [1.165, 1.54) is 6.92 Å². The molecule has 0 radical (unpaired) electrons. The van der Waals surface area contributed by atoms with E-state index >= 15 is 0 Å². The van der Waals surface area contributed by atoms with Crippen molar-refractivity contribution in [1.29, 1.82) is 0 Å². The molecule has 94 valence electrons. The van der Waals surface area contributed by atoms with Gasteiger partial charge in [-0.15, -0.1) is 0 Å². The molecule has 6 nitrogen and oxygen atoms in total. The molecule has 0 spiro atoms. The highest BCUT2D eigenvalue weighted by molar-refractivity contribution is 5.82. The smallest absolute Gasteiger partial charge is 0.325 e. The SMILES string of the molecule is C[C@@H](NC(=O)NCCOCC(F)F)C(=O)O. The Morgan fingerprint density at radius 3 is 2.56 bits per heavy atom. The zero-order valence-electron chi connectivity index (χ0n) is 8.70. The average molecular weight is 240 g/mol. The van der Waals surface area contributed by atoms with Crippen molar-refractivity contribution in [3.8, 4) is 0 Å². The molecule has 8 heteroatoms. The summed E-state index contributed by atoms with van der Waals surface area (Å²) in [6, 6.07) is -1.70. The molecule has 0 aliphatic heterocycles. The van der Waals surface area contributed by atoms with Gasteiger partial charge in [0.15, 0.2) is 0 Å². The Morgan fingerprint density at radius 2 is 2.06 bits per heavy atom. The number of ether oxygens (including phenoxy) is 1. The first-order chi connectivity index (χ1) is 7.43. The first-order valence-electron chi connectivity index (χ1n) is 4.56. The summed E-state index contributed by atoms with van der Waals surface area (Å²) in [7, 11) is 0. The summed E-state index contributed by atoms with van der Waals surface area (Å²) >= 11 is 0. The van der Waals surface area contributed by atoms with Crippen molar-refractivity contribution < 1.29 is 28.2 Å². The summed E-state index contributed by atoms with van der Waals surface area (Å²) in [5.74, 6) is -1.16. The van der Waals surface area contributed by atoms with Crippen LogP contribution in [-0.4, -0.2) is 49.3 Å². The molecule has 0 bridgehead atoms. The van der Waals surface area contributed by atoms with E-state index in [4.69, 9.17) is 5.11 Å². The van der Waals surface area contributed by atoms with Gasteiger partial charge in [-0.3, -0.25) is 4.79 Å². The Kier molecular flexibility index (Phi) is 7.10. The third kappa shape index (κ3) is 7.92. The topological polar surface area (TPSA) is 87.7 Å². The van der Waals surface area contributed by atoms with E-state index in [1.807, 2.05) is 0 Å². The van der Waals surface area contributed by atoms with Gasteiger partial charge in [-0.25, -0.2) is 13.6 Å². The number of carboxylic acid groups (broad SMARTS) is 1. The van der Waals surface area contributed by atoms with Gasteiger partial charge in [-0.05, 0) is 6.92 Å². The Balaban J connectivity index is 3.48. The molecular formula is C8H14F2N2O4. The van der Waals surface area contributed by atoms with Gasteiger partial charge in [-0.2, -0.15) is 0 Å². The van der Waals surface area contributed by atoms with Crippen LogP contribution in [0.1, 0.15) is 6.92 Å². The van der Waals surface area contributed by atoms with Gasteiger partial charge in [-0.1, -0.05) is 0 Å². The van der Waals surface area contributed by atoms with E-state index in [9.17, 15) is 18.4 Å². The van der Waals surface area contributed by atoms with Crippen LogP contribution in [0.2, 0.25) is 0 Å².